The van der Waals surface area contributed by atoms with Gasteiger partial charge in [-0.1, -0.05) is 25.1 Å². The van der Waals surface area contributed by atoms with Crippen molar-refractivity contribution in [3.63, 3.8) is 0 Å². The van der Waals surface area contributed by atoms with Crippen LogP contribution >= 0.6 is 0 Å². The van der Waals surface area contributed by atoms with Crippen molar-refractivity contribution in [3.05, 3.63) is 64.2 Å². The summed E-state index contributed by atoms with van der Waals surface area (Å²) in [5.41, 5.74) is 8.99. The third-order valence-electron chi connectivity index (χ3n) is 4.47. The largest absolute Gasteiger partial charge is 0.490 e. The first-order valence-electron chi connectivity index (χ1n) is 8.48. The van der Waals surface area contributed by atoms with E-state index < -0.39 is 0 Å². The predicted molar refractivity (Wildman–Crippen MR) is 95.7 cm³/mol. The van der Waals surface area contributed by atoms with Crippen molar-refractivity contribution in [2.24, 2.45) is 0 Å². The molecule has 2 aromatic carbocycles. The highest BCUT2D eigenvalue weighted by atomic mass is 16.5. The van der Waals surface area contributed by atoms with Gasteiger partial charge in [-0.3, -0.25) is 20.4 Å². The number of carbonyl (C=O) groups is 2. The lowest BCUT2D eigenvalue weighted by Gasteiger charge is -2.12. The van der Waals surface area contributed by atoms with Gasteiger partial charge in [-0.15, -0.1) is 0 Å². The van der Waals surface area contributed by atoms with Gasteiger partial charge in [-0.25, -0.2) is 0 Å². The second-order valence-corrected chi connectivity index (χ2v) is 6.32. The zero-order chi connectivity index (χ0) is 18.0. The van der Waals surface area contributed by atoms with Gasteiger partial charge in [-0.05, 0) is 49.6 Å². The van der Waals surface area contributed by atoms with Crippen LogP contribution in [0.3, 0.4) is 0 Å². The number of carbonyl (C=O) groups excluding carboxylic acids is 2. The maximum atomic E-state index is 12.4. The number of hydrogen-bond acceptors (Lipinski definition) is 3. The van der Waals surface area contributed by atoms with Crippen molar-refractivity contribution in [1.29, 1.82) is 0 Å². The van der Waals surface area contributed by atoms with Crippen molar-refractivity contribution >= 4 is 11.8 Å². The van der Waals surface area contributed by atoms with Crippen LogP contribution in [0.2, 0.25) is 0 Å². The summed E-state index contributed by atoms with van der Waals surface area (Å²) in [5.74, 6) is 0.0725. The molecule has 2 amide bonds. The van der Waals surface area contributed by atoms with E-state index in [0.717, 1.165) is 35.3 Å². The SMILES string of the molecule is CCc1ccc(C(=O)NNC(=O)c2ccc3c(c2C)OC(C)C3)cc1. The fourth-order valence-corrected chi connectivity index (χ4v) is 3.02. The van der Waals surface area contributed by atoms with E-state index in [1.165, 1.54) is 0 Å². The third kappa shape index (κ3) is 3.50. The highest BCUT2D eigenvalue weighted by molar-refractivity contribution is 6.00. The number of amides is 2. The second kappa shape index (κ2) is 6.97. The molecule has 2 N–H and O–H groups in total. The molecule has 1 unspecified atom stereocenters. The molecule has 0 saturated heterocycles. The van der Waals surface area contributed by atoms with Gasteiger partial charge >= 0.3 is 0 Å². The van der Waals surface area contributed by atoms with Gasteiger partial charge in [0, 0.05) is 23.1 Å². The topological polar surface area (TPSA) is 67.4 Å². The number of ether oxygens (including phenoxy) is 1. The zero-order valence-corrected chi connectivity index (χ0v) is 14.7. The Hall–Kier alpha value is -2.82. The molecule has 1 aliphatic rings. The quantitative estimate of drug-likeness (QED) is 0.846. The molecule has 5 heteroatoms. The lowest BCUT2D eigenvalue weighted by molar-refractivity contribution is 0.0846. The lowest BCUT2D eigenvalue weighted by Crippen LogP contribution is -2.41. The molecule has 1 atom stereocenters. The van der Waals surface area contributed by atoms with Crippen molar-refractivity contribution in [3.8, 4) is 5.75 Å². The van der Waals surface area contributed by atoms with E-state index >= 15 is 0 Å². The first kappa shape index (κ1) is 17.0. The van der Waals surface area contributed by atoms with Crippen molar-refractivity contribution in [1.82, 2.24) is 10.9 Å². The summed E-state index contributed by atoms with van der Waals surface area (Å²) in [6, 6.07) is 11.0. The minimum atomic E-state index is -0.359. The third-order valence-corrected chi connectivity index (χ3v) is 4.47. The molecule has 0 radical (unpaired) electrons. The Kier molecular flexibility index (Phi) is 4.74. The smallest absolute Gasteiger partial charge is 0.270 e. The minimum Gasteiger partial charge on any atom is -0.490 e. The Labute approximate surface area is 147 Å². The van der Waals surface area contributed by atoms with Crippen LogP contribution in [0.25, 0.3) is 0 Å². The Balaban J connectivity index is 1.67. The zero-order valence-electron chi connectivity index (χ0n) is 14.7. The van der Waals surface area contributed by atoms with Crippen LogP contribution in [0, 0.1) is 6.92 Å². The number of benzene rings is 2. The van der Waals surface area contributed by atoms with Crippen LogP contribution in [0.15, 0.2) is 36.4 Å². The fourth-order valence-electron chi connectivity index (χ4n) is 3.02. The molecule has 0 aromatic heterocycles. The van der Waals surface area contributed by atoms with Gasteiger partial charge in [-0.2, -0.15) is 0 Å². The van der Waals surface area contributed by atoms with E-state index in [4.69, 9.17) is 4.74 Å². The van der Waals surface area contributed by atoms with E-state index in [9.17, 15) is 9.59 Å². The number of hydrazine groups is 1. The number of hydrogen-bond donors (Lipinski definition) is 2. The van der Waals surface area contributed by atoms with Crippen LogP contribution in [0.5, 0.6) is 5.75 Å². The molecule has 25 heavy (non-hydrogen) atoms. The summed E-state index contributed by atoms with van der Waals surface area (Å²) in [5, 5.41) is 0. The van der Waals surface area contributed by atoms with Gasteiger partial charge in [0.2, 0.25) is 0 Å². The fraction of sp³-hybridized carbons (Fsp3) is 0.300. The summed E-state index contributed by atoms with van der Waals surface area (Å²) in [6.45, 7) is 5.92. The molecule has 0 bridgehead atoms. The molecule has 0 saturated carbocycles. The first-order chi connectivity index (χ1) is 12.0. The van der Waals surface area contributed by atoms with E-state index in [2.05, 4.69) is 17.8 Å². The van der Waals surface area contributed by atoms with Crippen LogP contribution in [0.4, 0.5) is 0 Å². The normalized spacial score (nSPS) is 15.2. The highest BCUT2D eigenvalue weighted by Crippen LogP contribution is 2.33. The van der Waals surface area contributed by atoms with Crippen LogP contribution in [-0.2, 0) is 12.8 Å². The summed E-state index contributed by atoms with van der Waals surface area (Å²) in [6.07, 6.45) is 1.89. The lowest BCUT2D eigenvalue weighted by atomic mass is 10.0. The molecule has 0 fully saturated rings. The minimum absolute atomic E-state index is 0.123. The molecule has 0 aliphatic carbocycles. The van der Waals surface area contributed by atoms with Gasteiger partial charge < -0.3 is 4.74 Å². The maximum absolute atomic E-state index is 12.4. The molecule has 1 aliphatic heterocycles. The maximum Gasteiger partial charge on any atom is 0.270 e. The van der Waals surface area contributed by atoms with Gasteiger partial charge in [0.1, 0.15) is 11.9 Å². The number of fused-ring (bicyclic) bond motifs is 1. The van der Waals surface area contributed by atoms with Crippen molar-refractivity contribution < 1.29 is 14.3 Å². The molecule has 1 heterocycles. The summed E-state index contributed by atoms with van der Waals surface area (Å²) >= 11 is 0. The van der Waals surface area contributed by atoms with Gasteiger partial charge in [0.05, 0.1) is 0 Å². The Bertz CT molecular complexity index is 812. The Morgan fingerprint density at radius 2 is 1.76 bits per heavy atom. The van der Waals surface area contributed by atoms with Crippen LogP contribution < -0.4 is 15.6 Å². The molecular formula is C20H22N2O3. The molecular weight excluding hydrogens is 316 g/mol. The van der Waals surface area contributed by atoms with Crippen LogP contribution in [0.1, 0.15) is 51.3 Å². The summed E-state index contributed by atoms with van der Waals surface area (Å²) in [7, 11) is 0. The summed E-state index contributed by atoms with van der Waals surface area (Å²) < 4.78 is 5.78. The van der Waals surface area contributed by atoms with Crippen molar-refractivity contribution in [2.45, 2.75) is 39.7 Å². The van der Waals surface area contributed by atoms with E-state index in [0.29, 0.717) is 11.1 Å². The summed E-state index contributed by atoms with van der Waals surface area (Å²) in [4.78, 5) is 24.5. The first-order valence-corrected chi connectivity index (χ1v) is 8.48. The van der Waals surface area contributed by atoms with E-state index in [-0.39, 0.29) is 17.9 Å². The van der Waals surface area contributed by atoms with Crippen LogP contribution in [-0.4, -0.2) is 17.9 Å². The highest BCUT2D eigenvalue weighted by Gasteiger charge is 2.24. The molecule has 2 aromatic rings. The number of rotatable bonds is 3. The monoisotopic (exact) mass is 338 g/mol. The molecule has 3 rings (SSSR count). The standard InChI is InChI=1S/C20H22N2O3/c1-4-14-5-7-15(8-6-14)19(23)21-22-20(24)17-10-9-16-11-12(2)25-18(16)13(17)3/h5-10,12H,4,11H2,1-3H3,(H,21,23)(H,22,24). The van der Waals surface area contributed by atoms with Gasteiger partial charge in [0.25, 0.3) is 11.8 Å². The second-order valence-electron chi connectivity index (χ2n) is 6.32. The van der Waals surface area contributed by atoms with Gasteiger partial charge in [0.15, 0.2) is 0 Å². The van der Waals surface area contributed by atoms with E-state index in [1.807, 2.05) is 32.0 Å². The Morgan fingerprint density at radius 1 is 1.08 bits per heavy atom. The van der Waals surface area contributed by atoms with Crippen molar-refractivity contribution in [2.75, 3.05) is 0 Å². The molecule has 0 spiro atoms. The molecule has 130 valence electrons. The Morgan fingerprint density at radius 3 is 2.44 bits per heavy atom. The number of nitrogens with one attached hydrogen (secondary N) is 2. The van der Waals surface area contributed by atoms with E-state index in [1.54, 1.807) is 18.2 Å². The average Bonchev–Trinajstić information content (AvgIpc) is 3.01. The number of aryl methyl sites for hydroxylation is 1. The predicted octanol–water partition coefficient (Wildman–Crippen LogP) is 2.96. The molecule has 5 nitrogen and oxygen atoms in total. The average molecular weight is 338 g/mol.